The first-order valence-electron chi connectivity index (χ1n) is 13.3. The molecule has 2 atom stereocenters. The number of aryl methyl sites for hydroxylation is 1. The Labute approximate surface area is 230 Å². The molecule has 39 heavy (non-hydrogen) atoms. The van der Waals surface area contributed by atoms with E-state index in [1.807, 2.05) is 0 Å². The van der Waals surface area contributed by atoms with E-state index in [0.29, 0.717) is 28.9 Å². The maximum Gasteiger partial charge on any atom is 0.416 e. The van der Waals surface area contributed by atoms with Gasteiger partial charge in [0.05, 0.1) is 30.1 Å². The number of nitrogens with zero attached hydrogens (tertiary/aromatic N) is 5. The average Bonchev–Trinajstić information content (AvgIpc) is 3.49. The van der Waals surface area contributed by atoms with E-state index >= 15 is 0 Å². The topological polar surface area (TPSA) is 74.2 Å². The van der Waals surface area contributed by atoms with E-state index in [0.717, 1.165) is 49.7 Å². The van der Waals surface area contributed by atoms with E-state index in [-0.39, 0.29) is 29.5 Å². The van der Waals surface area contributed by atoms with Crippen molar-refractivity contribution in [3.63, 3.8) is 0 Å². The van der Waals surface area contributed by atoms with Crippen LogP contribution in [0.1, 0.15) is 58.2 Å². The van der Waals surface area contributed by atoms with Crippen molar-refractivity contribution >= 4 is 22.9 Å². The molecule has 2 aliphatic heterocycles. The van der Waals surface area contributed by atoms with E-state index in [1.54, 1.807) is 12.3 Å². The predicted molar refractivity (Wildman–Crippen MR) is 146 cm³/mol. The van der Waals surface area contributed by atoms with Crippen molar-refractivity contribution in [1.82, 2.24) is 25.2 Å². The normalized spacial score (nSPS) is 20.5. The molecule has 1 aromatic carbocycles. The van der Waals surface area contributed by atoms with Crippen LogP contribution in [0.5, 0.6) is 0 Å². The summed E-state index contributed by atoms with van der Waals surface area (Å²) in [4.78, 5) is 32.1. The van der Waals surface area contributed by atoms with Gasteiger partial charge in [0.25, 0.3) is 0 Å². The second kappa shape index (κ2) is 11.3. The molecule has 4 heterocycles. The van der Waals surface area contributed by atoms with Crippen LogP contribution in [0.3, 0.4) is 0 Å². The van der Waals surface area contributed by atoms with Crippen LogP contribution in [0, 0.1) is 6.92 Å². The molecule has 0 radical (unpaired) electrons. The summed E-state index contributed by atoms with van der Waals surface area (Å²) in [6.07, 6.45) is 0.875. The number of anilines is 1. The Hall–Kier alpha value is -2.89. The maximum atomic E-state index is 13.7. The predicted octanol–water partition coefficient (Wildman–Crippen LogP) is 5.14. The van der Waals surface area contributed by atoms with Gasteiger partial charge in [-0.2, -0.15) is 13.2 Å². The third-order valence-corrected chi connectivity index (χ3v) is 8.67. The van der Waals surface area contributed by atoms with Gasteiger partial charge in [-0.3, -0.25) is 9.69 Å². The zero-order chi connectivity index (χ0) is 27.7. The van der Waals surface area contributed by atoms with Gasteiger partial charge >= 0.3 is 6.18 Å². The second-order valence-corrected chi connectivity index (χ2v) is 11.6. The number of nitrogens with one attached hydrogen (secondary N) is 1. The molecule has 0 unspecified atom stereocenters. The Bertz CT molecular complexity index is 1330. The quantitative estimate of drug-likeness (QED) is 0.403. The maximum absolute atomic E-state index is 13.7. The monoisotopic (exact) mass is 558 g/mol. The van der Waals surface area contributed by atoms with E-state index < -0.39 is 11.7 Å². The molecule has 0 bridgehead atoms. The summed E-state index contributed by atoms with van der Waals surface area (Å²) in [7, 11) is 0. The minimum Gasteiger partial charge on any atom is -0.350 e. The van der Waals surface area contributed by atoms with Crippen LogP contribution in [0.15, 0.2) is 30.6 Å². The minimum absolute atomic E-state index is 0.0171. The van der Waals surface area contributed by atoms with Gasteiger partial charge in [0.15, 0.2) is 5.78 Å². The van der Waals surface area contributed by atoms with E-state index in [4.69, 9.17) is 4.98 Å². The average molecular weight is 559 g/mol. The molecule has 0 amide bonds. The number of aromatic nitrogens is 3. The largest absolute Gasteiger partial charge is 0.416 e. The first-order valence-corrected chi connectivity index (χ1v) is 14.1. The van der Waals surface area contributed by atoms with Crippen molar-refractivity contribution in [3.05, 3.63) is 57.3 Å². The highest BCUT2D eigenvalue weighted by Gasteiger charge is 2.33. The van der Waals surface area contributed by atoms with Crippen LogP contribution < -0.4 is 10.2 Å². The summed E-state index contributed by atoms with van der Waals surface area (Å²) >= 11 is 1.39. The van der Waals surface area contributed by atoms with Gasteiger partial charge in [0.2, 0.25) is 0 Å². The van der Waals surface area contributed by atoms with Gasteiger partial charge in [-0.15, -0.1) is 11.3 Å². The first kappa shape index (κ1) is 27.7. The summed E-state index contributed by atoms with van der Waals surface area (Å²) in [5.74, 6) is 0.516. The Morgan fingerprint density at radius 1 is 1.15 bits per heavy atom. The number of hydrogen-bond donors (Lipinski definition) is 1. The molecule has 0 spiro atoms. The lowest BCUT2D eigenvalue weighted by molar-refractivity contribution is -0.138. The molecular formula is C28H33F3N6OS. The second-order valence-electron chi connectivity index (χ2n) is 10.5. The fourth-order valence-electron chi connectivity index (χ4n) is 5.32. The molecule has 3 aromatic rings. The molecule has 2 saturated heterocycles. The third kappa shape index (κ3) is 6.15. The SMILES string of the molecule is Cc1ccc(-c2nc(CC(=O)c3cnc(N4CCNC[C@H]4C)cn3)sc2CN2CCC[C@H]2C)cc1C(F)(F)F. The molecule has 11 heteroatoms. The highest BCUT2D eigenvalue weighted by Crippen LogP contribution is 2.37. The number of carbonyl (C=O) groups is 1. The summed E-state index contributed by atoms with van der Waals surface area (Å²) < 4.78 is 41.0. The number of likely N-dealkylation sites (tertiary alicyclic amines) is 1. The number of Topliss-reactive ketones (excluding diaryl/α,β-unsaturated/α-hetero) is 1. The highest BCUT2D eigenvalue weighted by molar-refractivity contribution is 7.12. The Morgan fingerprint density at radius 3 is 2.64 bits per heavy atom. The Morgan fingerprint density at radius 2 is 1.97 bits per heavy atom. The lowest BCUT2D eigenvalue weighted by atomic mass is 10.0. The van der Waals surface area contributed by atoms with Gasteiger partial charge < -0.3 is 10.2 Å². The molecule has 208 valence electrons. The fourth-order valence-corrected chi connectivity index (χ4v) is 6.43. The number of hydrogen-bond acceptors (Lipinski definition) is 8. The standard InChI is InChI=1S/C28H33F3N6OS/c1-17-6-7-20(11-21(17)28(29,30)31)27-24(16-36-9-4-5-18(36)2)39-26(35-27)12-23(38)22-14-34-25(15-33-22)37-10-8-32-13-19(37)3/h6-7,11,14-15,18-19,32H,4-5,8-10,12-13,16H2,1-3H3/t18-,19-/m1/s1. The zero-order valence-corrected chi connectivity index (χ0v) is 23.2. The number of benzene rings is 1. The van der Waals surface area contributed by atoms with Crippen molar-refractivity contribution in [2.45, 2.75) is 64.8 Å². The Kier molecular flexibility index (Phi) is 8.02. The number of alkyl halides is 3. The molecule has 5 rings (SSSR count). The third-order valence-electron chi connectivity index (χ3n) is 7.63. The molecule has 7 nitrogen and oxygen atoms in total. The van der Waals surface area contributed by atoms with Gasteiger partial charge in [-0.25, -0.2) is 15.0 Å². The highest BCUT2D eigenvalue weighted by atomic mass is 32.1. The summed E-state index contributed by atoms with van der Waals surface area (Å²) in [6.45, 7) is 9.80. The number of thiazole rings is 1. The molecular weight excluding hydrogens is 525 g/mol. The van der Waals surface area contributed by atoms with E-state index in [9.17, 15) is 18.0 Å². The van der Waals surface area contributed by atoms with Crippen LogP contribution in [0.2, 0.25) is 0 Å². The van der Waals surface area contributed by atoms with Crippen LogP contribution in [-0.4, -0.2) is 63.9 Å². The minimum atomic E-state index is -4.45. The number of ketones is 1. The van der Waals surface area contributed by atoms with Crippen molar-refractivity contribution in [2.24, 2.45) is 0 Å². The lowest BCUT2D eigenvalue weighted by Gasteiger charge is -2.34. The fraction of sp³-hybridized carbons (Fsp3) is 0.500. The molecule has 1 N–H and O–H groups in total. The van der Waals surface area contributed by atoms with Crippen molar-refractivity contribution in [2.75, 3.05) is 31.1 Å². The van der Waals surface area contributed by atoms with E-state index in [1.165, 1.54) is 36.6 Å². The number of rotatable bonds is 7. The Balaban J connectivity index is 1.40. The van der Waals surface area contributed by atoms with Crippen LogP contribution in [0.25, 0.3) is 11.3 Å². The van der Waals surface area contributed by atoms with Crippen LogP contribution in [-0.2, 0) is 19.1 Å². The van der Waals surface area contributed by atoms with Crippen molar-refractivity contribution in [3.8, 4) is 11.3 Å². The summed E-state index contributed by atoms with van der Waals surface area (Å²) in [5.41, 5.74) is 0.687. The van der Waals surface area contributed by atoms with Crippen LogP contribution in [0.4, 0.5) is 19.0 Å². The summed E-state index contributed by atoms with van der Waals surface area (Å²) in [5, 5.41) is 3.90. The number of carbonyl (C=O) groups excluding carboxylic acids is 1. The zero-order valence-electron chi connectivity index (χ0n) is 22.4. The van der Waals surface area contributed by atoms with Crippen LogP contribution >= 0.6 is 11.3 Å². The summed E-state index contributed by atoms with van der Waals surface area (Å²) in [6, 6.07) is 5.01. The first-order chi connectivity index (χ1) is 18.6. The number of piperazine rings is 1. The molecule has 0 aliphatic carbocycles. The smallest absolute Gasteiger partial charge is 0.350 e. The van der Waals surface area contributed by atoms with Gasteiger partial charge in [0, 0.05) is 48.7 Å². The molecule has 2 aliphatic rings. The van der Waals surface area contributed by atoms with E-state index in [2.05, 4.69) is 38.9 Å². The van der Waals surface area contributed by atoms with Gasteiger partial charge in [-0.1, -0.05) is 12.1 Å². The van der Waals surface area contributed by atoms with Gasteiger partial charge in [0.1, 0.15) is 16.5 Å². The molecule has 0 saturated carbocycles. The molecule has 2 fully saturated rings. The van der Waals surface area contributed by atoms with Gasteiger partial charge in [-0.05, 0) is 51.8 Å². The molecule has 2 aromatic heterocycles. The number of halogens is 3. The van der Waals surface area contributed by atoms with Crippen molar-refractivity contribution < 1.29 is 18.0 Å². The lowest BCUT2D eigenvalue weighted by Crippen LogP contribution is -2.50. The van der Waals surface area contributed by atoms with Crippen molar-refractivity contribution in [1.29, 1.82) is 0 Å².